The number of hydrogen-bond donors (Lipinski definition) is 1. The van der Waals surface area contributed by atoms with Crippen LogP contribution in [0.1, 0.15) is 23.7 Å². The first-order valence-electron chi connectivity index (χ1n) is 8.16. The zero-order chi connectivity index (χ0) is 18.7. The summed E-state index contributed by atoms with van der Waals surface area (Å²) < 4.78 is 38.9. The van der Waals surface area contributed by atoms with Crippen LogP contribution in [0.25, 0.3) is 10.6 Å². The number of benzene rings is 1. The van der Waals surface area contributed by atoms with Gasteiger partial charge in [0.2, 0.25) is 10.0 Å². The van der Waals surface area contributed by atoms with E-state index in [4.69, 9.17) is 9.26 Å². The Morgan fingerprint density at radius 2 is 1.96 bits per heavy atom. The summed E-state index contributed by atoms with van der Waals surface area (Å²) in [5, 5.41) is 3.92. The zero-order valence-corrected chi connectivity index (χ0v) is 16.4. The lowest BCUT2D eigenvalue weighted by atomic mass is 10.2. The molecule has 0 spiro atoms. The van der Waals surface area contributed by atoms with Gasteiger partial charge in [-0.15, -0.1) is 11.3 Å². The van der Waals surface area contributed by atoms with Crippen LogP contribution in [-0.4, -0.2) is 20.2 Å². The van der Waals surface area contributed by atoms with E-state index in [9.17, 15) is 8.42 Å². The highest BCUT2D eigenvalue weighted by Crippen LogP contribution is 2.33. The first-order chi connectivity index (χ1) is 12.4. The Morgan fingerprint density at radius 3 is 2.65 bits per heavy atom. The molecule has 0 radical (unpaired) electrons. The zero-order valence-electron chi connectivity index (χ0n) is 14.8. The maximum absolute atomic E-state index is 12.6. The van der Waals surface area contributed by atoms with Crippen molar-refractivity contribution < 1.29 is 17.7 Å². The van der Waals surface area contributed by atoms with Gasteiger partial charge in [-0.25, -0.2) is 13.1 Å². The molecule has 0 aliphatic heterocycles. The average molecular weight is 393 g/mol. The van der Waals surface area contributed by atoms with E-state index in [1.165, 1.54) is 0 Å². The molecular weight excluding hydrogens is 372 g/mol. The molecule has 138 valence electrons. The lowest BCUT2D eigenvalue weighted by Gasteiger charge is -2.10. The lowest BCUT2D eigenvalue weighted by Crippen LogP contribution is -2.22. The highest BCUT2D eigenvalue weighted by atomic mass is 32.2. The monoisotopic (exact) mass is 392 g/mol. The third-order valence-electron chi connectivity index (χ3n) is 3.95. The van der Waals surface area contributed by atoms with Gasteiger partial charge in [0, 0.05) is 17.7 Å². The van der Waals surface area contributed by atoms with Crippen molar-refractivity contribution >= 4 is 21.4 Å². The quantitative estimate of drug-likeness (QED) is 0.659. The van der Waals surface area contributed by atoms with Gasteiger partial charge in [-0.3, -0.25) is 0 Å². The Kier molecular flexibility index (Phi) is 5.45. The summed E-state index contributed by atoms with van der Waals surface area (Å²) in [6.07, 6.45) is 0. The second kappa shape index (κ2) is 7.61. The number of rotatable bonds is 7. The van der Waals surface area contributed by atoms with E-state index in [1.807, 2.05) is 45.0 Å². The van der Waals surface area contributed by atoms with E-state index in [-0.39, 0.29) is 10.8 Å². The molecule has 2 aromatic heterocycles. The first-order valence-corrected chi connectivity index (χ1v) is 10.5. The lowest BCUT2D eigenvalue weighted by molar-refractivity contribution is 0.336. The second-order valence-corrected chi connectivity index (χ2v) is 8.78. The molecule has 3 rings (SSSR count). The van der Waals surface area contributed by atoms with Crippen LogP contribution in [0.4, 0.5) is 0 Å². The molecule has 0 bridgehead atoms. The van der Waals surface area contributed by atoms with Crippen LogP contribution >= 0.6 is 11.3 Å². The first kappa shape index (κ1) is 18.6. The predicted molar refractivity (Wildman–Crippen MR) is 101 cm³/mol. The van der Waals surface area contributed by atoms with Crippen LogP contribution in [0.5, 0.6) is 5.75 Å². The molecule has 1 N–H and O–H groups in total. The van der Waals surface area contributed by atoms with Crippen molar-refractivity contribution in [3.8, 4) is 16.4 Å². The van der Waals surface area contributed by atoms with Gasteiger partial charge in [0.15, 0.2) is 5.76 Å². The predicted octanol–water partition coefficient (Wildman–Crippen LogP) is 3.90. The highest BCUT2D eigenvalue weighted by molar-refractivity contribution is 7.91. The van der Waals surface area contributed by atoms with Crippen molar-refractivity contribution in [1.29, 1.82) is 0 Å². The molecule has 0 atom stereocenters. The van der Waals surface area contributed by atoms with Crippen LogP contribution < -0.4 is 9.46 Å². The van der Waals surface area contributed by atoms with Crippen molar-refractivity contribution in [2.45, 2.75) is 31.5 Å². The molecule has 1 aromatic carbocycles. The Balaban J connectivity index is 1.78. The van der Waals surface area contributed by atoms with E-state index >= 15 is 0 Å². The van der Waals surface area contributed by atoms with Crippen LogP contribution in [0.15, 0.2) is 45.1 Å². The molecular formula is C18H20N2O4S2. The van der Waals surface area contributed by atoms with Crippen LogP contribution in [-0.2, 0) is 16.6 Å². The number of ether oxygens (including phenoxy) is 1. The number of sulfonamides is 1. The van der Waals surface area contributed by atoms with Crippen LogP contribution in [0.2, 0.25) is 0 Å². The highest BCUT2D eigenvalue weighted by Gasteiger charge is 2.20. The van der Waals surface area contributed by atoms with E-state index in [2.05, 4.69) is 9.88 Å². The van der Waals surface area contributed by atoms with Gasteiger partial charge in [0.1, 0.15) is 9.96 Å². The van der Waals surface area contributed by atoms with E-state index in [0.717, 1.165) is 33.0 Å². The Morgan fingerprint density at radius 1 is 1.19 bits per heavy atom. The minimum Gasteiger partial charge on any atom is -0.494 e. The SMILES string of the molecule is CCOc1ccccc1CNS(=O)(=O)c1ccc(-c2onc(C)c2C)s1. The van der Waals surface area contributed by atoms with Crippen LogP contribution in [0, 0.1) is 13.8 Å². The van der Waals surface area contributed by atoms with Gasteiger partial charge in [0.05, 0.1) is 17.2 Å². The summed E-state index contributed by atoms with van der Waals surface area (Å²) in [6, 6.07) is 10.7. The third kappa shape index (κ3) is 3.82. The topological polar surface area (TPSA) is 81.4 Å². The summed E-state index contributed by atoms with van der Waals surface area (Å²) in [7, 11) is -3.63. The molecule has 0 amide bonds. The Hall–Kier alpha value is -2.16. The Bertz CT molecular complexity index is 1010. The molecule has 0 aliphatic carbocycles. The van der Waals surface area contributed by atoms with Gasteiger partial charge in [0.25, 0.3) is 0 Å². The average Bonchev–Trinajstić information content (AvgIpc) is 3.23. The maximum atomic E-state index is 12.6. The van der Waals surface area contributed by atoms with Crippen molar-refractivity contribution in [3.05, 3.63) is 53.2 Å². The summed E-state index contributed by atoms with van der Waals surface area (Å²) in [5.74, 6) is 1.29. The minimum atomic E-state index is -3.63. The number of thiophene rings is 1. The molecule has 2 heterocycles. The largest absolute Gasteiger partial charge is 0.494 e. The molecule has 0 saturated carbocycles. The second-order valence-electron chi connectivity index (χ2n) is 5.71. The van der Waals surface area contributed by atoms with Gasteiger partial charge in [-0.2, -0.15) is 0 Å². The minimum absolute atomic E-state index is 0.159. The smallest absolute Gasteiger partial charge is 0.250 e. The number of nitrogens with zero attached hydrogens (tertiary/aromatic N) is 1. The van der Waals surface area contributed by atoms with Crippen molar-refractivity contribution in [2.24, 2.45) is 0 Å². The molecule has 0 aliphatic rings. The fourth-order valence-corrected chi connectivity index (χ4v) is 4.81. The number of para-hydroxylation sites is 1. The molecule has 0 fully saturated rings. The molecule has 0 saturated heterocycles. The summed E-state index contributed by atoms with van der Waals surface area (Å²) in [4.78, 5) is 0.734. The normalized spacial score (nSPS) is 11.7. The van der Waals surface area contributed by atoms with Crippen LogP contribution in [0.3, 0.4) is 0 Å². The van der Waals surface area contributed by atoms with E-state index < -0.39 is 10.0 Å². The summed E-state index contributed by atoms with van der Waals surface area (Å²) in [5.41, 5.74) is 2.49. The molecule has 26 heavy (non-hydrogen) atoms. The van der Waals surface area contributed by atoms with E-state index in [0.29, 0.717) is 18.1 Å². The number of hydrogen-bond acceptors (Lipinski definition) is 6. The molecule has 6 nitrogen and oxygen atoms in total. The standard InChI is InChI=1S/C18H20N2O4S2/c1-4-23-15-8-6-5-7-14(15)11-19-26(21,22)17-10-9-16(25-17)18-12(2)13(3)20-24-18/h5-10,19H,4,11H2,1-3H3. The molecule has 0 unspecified atom stereocenters. The van der Waals surface area contributed by atoms with Gasteiger partial charge in [-0.05, 0) is 39.0 Å². The van der Waals surface area contributed by atoms with Crippen molar-refractivity contribution in [3.63, 3.8) is 0 Å². The Labute approximate surface area is 156 Å². The number of nitrogens with one attached hydrogen (secondary N) is 1. The fourth-order valence-electron chi connectivity index (χ4n) is 2.42. The fraction of sp³-hybridized carbons (Fsp3) is 0.278. The summed E-state index contributed by atoms with van der Waals surface area (Å²) in [6.45, 7) is 6.32. The van der Waals surface area contributed by atoms with Gasteiger partial charge >= 0.3 is 0 Å². The van der Waals surface area contributed by atoms with Gasteiger partial charge < -0.3 is 9.26 Å². The summed E-state index contributed by atoms with van der Waals surface area (Å²) >= 11 is 1.15. The van der Waals surface area contributed by atoms with Gasteiger partial charge in [-0.1, -0.05) is 23.4 Å². The van der Waals surface area contributed by atoms with E-state index in [1.54, 1.807) is 12.1 Å². The number of aromatic nitrogens is 1. The maximum Gasteiger partial charge on any atom is 0.250 e. The third-order valence-corrected chi connectivity index (χ3v) is 6.93. The van der Waals surface area contributed by atoms with Crippen molar-refractivity contribution in [1.82, 2.24) is 9.88 Å². The molecule has 3 aromatic rings. The number of aryl methyl sites for hydroxylation is 1. The molecule has 8 heteroatoms. The van der Waals surface area contributed by atoms with Crippen molar-refractivity contribution in [2.75, 3.05) is 6.61 Å².